The van der Waals surface area contributed by atoms with E-state index in [-0.39, 0.29) is 17.6 Å². The zero-order valence-corrected chi connectivity index (χ0v) is 7.75. The first-order chi connectivity index (χ1) is 5.63. The van der Waals surface area contributed by atoms with E-state index in [0.29, 0.717) is 5.92 Å². The molecule has 0 N–H and O–H groups in total. The lowest BCUT2D eigenvalue weighted by atomic mass is 9.75. The van der Waals surface area contributed by atoms with Gasteiger partial charge in [0.05, 0.1) is 0 Å². The van der Waals surface area contributed by atoms with Crippen molar-refractivity contribution in [1.82, 2.24) is 0 Å². The molecule has 2 heteroatoms. The van der Waals surface area contributed by atoms with Gasteiger partial charge in [0, 0.05) is 11.8 Å². The SMILES string of the molecule is CC(=O)C1CC(C)CC(C=O)C1. The highest BCUT2D eigenvalue weighted by Gasteiger charge is 2.28. The molecule has 0 bridgehead atoms. The van der Waals surface area contributed by atoms with Crippen molar-refractivity contribution < 1.29 is 9.59 Å². The van der Waals surface area contributed by atoms with E-state index in [9.17, 15) is 9.59 Å². The number of carbonyl (C=O) groups excluding carboxylic acids is 2. The minimum Gasteiger partial charge on any atom is -0.303 e. The van der Waals surface area contributed by atoms with Gasteiger partial charge in [-0.25, -0.2) is 0 Å². The number of aldehydes is 1. The molecular weight excluding hydrogens is 152 g/mol. The van der Waals surface area contributed by atoms with E-state index in [2.05, 4.69) is 6.92 Å². The maximum absolute atomic E-state index is 11.1. The van der Waals surface area contributed by atoms with Gasteiger partial charge in [0.2, 0.25) is 0 Å². The van der Waals surface area contributed by atoms with E-state index in [1.165, 1.54) is 0 Å². The van der Waals surface area contributed by atoms with Crippen LogP contribution in [0.15, 0.2) is 0 Å². The molecule has 0 aromatic carbocycles. The average molecular weight is 168 g/mol. The fourth-order valence-electron chi connectivity index (χ4n) is 2.10. The Morgan fingerprint density at radius 2 is 2.00 bits per heavy atom. The summed E-state index contributed by atoms with van der Waals surface area (Å²) >= 11 is 0. The Morgan fingerprint density at radius 1 is 1.33 bits per heavy atom. The molecule has 12 heavy (non-hydrogen) atoms. The van der Waals surface area contributed by atoms with Crippen molar-refractivity contribution in [2.75, 3.05) is 0 Å². The molecule has 0 saturated heterocycles. The summed E-state index contributed by atoms with van der Waals surface area (Å²) < 4.78 is 0. The smallest absolute Gasteiger partial charge is 0.132 e. The zero-order chi connectivity index (χ0) is 9.14. The molecular formula is C10H16O2. The number of rotatable bonds is 2. The van der Waals surface area contributed by atoms with Crippen LogP contribution >= 0.6 is 0 Å². The van der Waals surface area contributed by atoms with Crippen LogP contribution in [0.5, 0.6) is 0 Å². The van der Waals surface area contributed by atoms with Crippen LogP contribution in [0.4, 0.5) is 0 Å². The Kier molecular flexibility index (Phi) is 3.01. The number of ketones is 1. The second kappa shape index (κ2) is 3.83. The molecule has 0 amide bonds. The van der Waals surface area contributed by atoms with Crippen molar-refractivity contribution in [3.63, 3.8) is 0 Å². The summed E-state index contributed by atoms with van der Waals surface area (Å²) in [5.41, 5.74) is 0. The van der Waals surface area contributed by atoms with Gasteiger partial charge >= 0.3 is 0 Å². The van der Waals surface area contributed by atoms with Gasteiger partial charge in [-0.15, -0.1) is 0 Å². The first-order valence-corrected chi connectivity index (χ1v) is 4.59. The van der Waals surface area contributed by atoms with Gasteiger partial charge in [-0.2, -0.15) is 0 Å². The first kappa shape index (κ1) is 9.43. The summed E-state index contributed by atoms with van der Waals surface area (Å²) in [5, 5.41) is 0. The molecule has 0 radical (unpaired) electrons. The number of carbonyl (C=O) groups is 2. The Bertz CT molecular complexity index is 186. The van der Waals surface area contributed by atoms with Gasteiger partial charge in [0.25, 0.3) is 0 Å². The number of hydrogen-bond acceptors (Lipinski definition) is 2. The monoisotopic (exact) mass is 168 g/mol. The fraction of sp³-hybridized carbons (Fsp3) is 0.800. The van der Waals surface area contributed by atoms with Crippen LogP contribution in [0.2, 0.25) is 0 Å². The molecule has 68 valence electrons. The summed E-state index contributed by atoms with van der Waals surface area (Å²) in [6.45, 7) is 3.75. The van der Waals surface area contributed by atoms with Crippen molar-refractivity contribution in [3.05, 3.63) is 0 Å². The number of Topliss-reactive ketones (excluding diaryl/α,β-unsaturated/α-hetero) is 1. The summed E-state index contributed by atoms with van der Waals surface area (Å²) in [7, 11) is 0. The van der Waals surface area contributed by atoms with Crippen molar-refractivity contribution in [1.29, 1.82) is 0 Å². The topological polar surface area (TPSA) is 34.1 Å². The predicted octanol–water partition coefficient (Wildman–Crippen LogP) is 1.83. The average Bonchev–Trinajstić information content (AvgIpc) is 2.03. The van der Waals surface area contributed by atoms with Crippen LogP contribution in [0.3, 0.4) is 0 Å². The minimum absolute atomic E-state index is 0.127. The fourth-order valence-corrected chi connectivity index (χ4v) is 2.10. The van der Waals surface area contributed by atoms with Gasteiger partial charge in [0.1, 0.15) is 12.1 Å². The van der Waals surface area contributed by atoms with Gasteiger partial charge in [-0.3, -0.25) is 4.79 Å². The van der Waals surface area contributed by atoms with E-state index >= 15 is 0 Å². The second-order valence-electron chi connectivity index (χ2n) is 4.02. The molecule has 1 fully saturated rings. The van der Waals surface area contributed by atoms with Gasteiger partial charge < -0.3 is 4.79 Å². The molecule has 2 nitrogen and oxygen atoms in total. The minimum atomic E-state index is 0.127. The molecule has 1 aliphatic rings. The second-order valence-corrected chi connectivity index (χ2v) is 4.02. The highest BCUT2D eigenvalue weighted by molar-refractivity contribution is 5.78. The third-order valence-electron chi connectivity index (χ3n) is 2.75. The third kappa shape index (κ3) is 2.16. The van der Waals surface area contributed by atoms with Crippen LogP contribution in [-0.2, 0) is 9.59 Å². The van der Waals surface area contributed by atoms with Crippen molar-refractivity contribution in [2.45, 2.75) is 33.1 Å². The van der Waals surface area contributed by atoms with Gasteiger partial charge in [-0.1, -0.05) is 6.92 Å². The maximum Gasteiger partial charge on any atom is 0.132 e. The lowest BCUT2D eigenvalue weighted by Gasteiger charge is -2.28. The highest BCUT2D eigenvalue weighted by atomic mass is 16.1. The van der Waals surface area contributed by atoms with E-state index in [0.717, 1.165) is 25.5 Å². The zero-order valence-electron chi connectivity index (χ0n) is 7.75. The van der Waals surface area contributed by atoms with Crippen LogP contribution in [0.25, 0.3) is 0 Å². The van der Waals surface area contributed by atoms with E-state index < -0.39 is 0 Å². The van der Waals surface area contributed by atoms with Crippen molar-refractivity contribution >= 4 is 12.1 Å². The first-order valence-electron chi connectivity index (χ1n) is 4.59. The standard InChI is InChI=1S/C10H16O2/c1-7-3-9(6-11)5-10(4-7)8(2)12/h6-7,9-10H,3-5H2,1-2H3. The predicted molar refractivity (Wildman–Crippen MR) is 46.7 cm³/mol. The Morgan fingerprint density at radius 3 is 2.50 bits per heavy atom. The largest absolute Gasteiger partial charge is 0.303 e. The van der Waals surface area contributed by atoms with Crippen molar-refractivity contribution in [3.8, 4) is 0 Å². The van der Waals surface area contributed by atoms with Crippen molar-refractivity contribution in [2.24, 2.45) is 17.8 Å². The summed E-state index contributed by atoms with van der Waals surface area (Å²) in [6, 6.07) is 0. The Balaban J connectivity index is 2.56. The lowest BCUT2D eigenvalue weighted by molar-refractivity contribution is -0.123. The normalized spacial score (nSPS) is 36.0. The van der Waals surface area contributed by atoms with Gasteiger partial charge in [0.15, 0.2) is 0 Å². The van der Waals surface area contributed by atoms with E-state index in [1.807, 2.05) is 0 Å². The lowest BCUT2D eigenvalue weighted by Crippen LogP contribution is -2.26. The van der Waals surface area contributed by atoms with Crippen LogP contribution in [0, 0.1) is 17.8 Å². The van der Waals surface area contributed by atoms with E-state index in [4.69, 9.17) is 0 Å². The quantitative estimate of drug-likeness (QED) is 0.589. The molecule has 1 saturated carbocycles. The molecule has 1 aliphatic carbocycles. The van der Waals surface area contributed by atoms with Crippen LogP contribution in [-0.4, -0.2) is 12.1 Å². The molecule has 1 rings (SSSR count). The molecule has 0 aromatic rings. The third-order valence-corrected chi connectivity index (χ3v) is 2.75. The molecule has 0 spiro atoms. The summed E-state index contributed by atoms with van der Waals surface area (Å²) in [4.78, 5) is 21.7. The summed E-state index contributed by atoms with van der Waals surface area (Å²) in [5.74, 6) is 1.04. The van der Waals surface area contributed by atoms with Crippen LogP contribution < -0.4 is 0 Å². The number of hydrogen-bond donors (Lipinski definition) is 0. The Labute approximate surface area is 73.3 Å². The van der Waals surface area contributed by atoms with E-state index in [1.54, 1.807) is 6.92 Å². The molecule has 0 aliphatic heterocycles. The molecule has 0 aromatic heterocycles. The molecule has 3 unspecified atom stereocenters. The maximum atomic E-state index is 11.1. The highest BCUT2D eigenvalue weighted by Crippen LogP contribution is 2.32. The van der Waals surface area contributed by atoms with Gasteiger partial charge in [-0.05, 0) is 32.1 Å². The van der Waals surface area contributed by atoms with Crippen LogP contribution in [0.1, 0.15) is 33.1 Å². The molecule has 0 heterocycles. The summed E-state index contributed by atoms with van der Waals surface area (Å²) in [6.07, 6.45) is 3.72. The molecule has 3 atom stereocenters. The Hall–Kier alpha value is -0.660.